The van der Waals surface area contributed by atoms with Crippen LogP contribution in [0.25, 0.3) is 0 Å². The van der Waals surface area contributed by atoms with Crippen molar-refractivity contribution in [3.05, 3.63) is 53.6 Å². The number of amides is 1. The molecule has 0 heterocycles. The Labute approximate surface area is 146 Å². The fraction of sp³-hybridized carbons (Fsp3) is 0.176. The molecule has 0 bridgehead atoms. The highest BCUT2D eigenvalue weighted by atomic mass is 32.2. The molecular weight excluding hydrogens is 344 g/mol. The number of anilines is 2. The number of hydrogen-bond donors (Lipinski definition) is 2. The van der Waals surface area contributed by atoms with Crippen LogP contribution in [0.5, 0.6) is 0 Å². The second-order valence-corrected chi connectivity index (χ2v) is 6.99. The molecule has 0 aliphatic rings. The SMILES string of the molecule is COC(=O)c1ccc(C)c(S(=O)(=O)Nc2ccc(NC(C)=O)cc2)c1. The first-order valence-electron chi connectivity index (χ1n) is 7.32. The van der Waals surface area contributed by atoms with Gasteiger partial charge in [-0.1, -0.05) is 6.07 Å². The van der Waals surface area contributed by atoms with Gasteiger partial charge in [-0.3, -0.25) is 9.52 Å². The number of ether oxygens (including phenoxy) is 1. The Morgan fingerprint density at radius 1 is 1.00 bits per heavy atom. The summed E-state index contributed by atoms with van der Waals surface area (Å²) in [6, 6.07) is 10.5. The molecule has 25 heavy (non-hydrogen) atoms. The van der Waals surface area contributed by atoms with E-state index < -0.39 is 16.0 Å². The number of methoxy groups -OCH3 is 1. The van der Waals surface area contributed by atoms with Gasteiger partial charge in [0, 0.05) is 18.3 Å². The minimum atomic E-state index is -3.89. The Morgan fingerprint density at radius 2 is 1.60 bits per heavy atom. The number of hydrogen-bond acceptors (Lipinski definition) is 5. The van der Waals surface area contributed by atoms with Gasteiger partial charge < -0.3 is 10.1 Å². The van der Waals surface area contributed by atoms with Gasteiger partial charge in [0.05, 0.1) is 17.6 Å². The number of esters is 1. The zero-order valence-electron chi connectivity index (χ0n) is 14.0. The fourth-order valence-electron chi connectivity index (χ4n) is 2.17. The van der Waals surface area contributed by atoms with Gasteiger partial charge in [0.1, 0.15) is 0 Å². The van der Waals surface area contributed by atoms with E-state index in [0.717, 1.165) is 0 Å². The molecule has 2 aromatic carbocycles. The molecule has 0 spiro atoms. The first-order valence-corrected chi connectivity index (χ1v) is 8.80. The van der Waals surface area contributed by atoms with Gasteiger partial charge in [0.25, 0.3) is 10.0 Å². The Bertz CT molecular complexity index is 905. The van der Waals surface area contributed by atoms with E-state index in [1.807, 2.05) is 0 Å². The first-order chi connectivity index (χ1) is 11.7. The lowest BCUT2D eigenvalue weighted by atomic mass is 10.1. The molecule has 0 aliphatic heterocycles. The Kier molecular flexibility index (Phi) is 5.43. The van der Waals surface area contributed by atoms with Crippen LogP contribution in [0.2, 0.25) is 0 Å². The van der Waals surface area contributed by atoms with E-state index in [1.54, 1.807) is 25.1 Å². The van der Waals surface area contributed by atoms with Crippen LogP contribution in [0.4, 0.5) is 11.4 Å². The van der Waals surface area contributed by atoms with Gasteiger partial charge in [-0.2, -0.15) is 0 Å². The molecule has 0 unspecified atom stereocenters. The third-order valence-corrected chi connectivity index (χ3v) is 4.88. The van der Waals surface area contributed by atoms with Gasteiger partial charge in [-0.05, 0) is 48.9 Å². The molecule has 2 rings (SSSR count). The smallest absolute Gasteiger partial charge is 0.337 e. The van der Waals surface area contributed by atoms with Gasteiger partial charge >= 0.3 is 5.97 Å². The number of rotatable bonds is 5. The minimum absolute atomic E-state index is 0.0127. The highest BCUT2D eigenvalue weighted by Gasteiger charge is 2.19. The lowest BCUT2D eigenvalue weighted by Crippen LogP contribution is -2.15. The number of aryl methyl sites for hydroxylation is 1. The normalized spacial score (nSPS) is 10.8. The highest BCUT2D eigenvalue weighted by molar-refractivity contribution is 7.92. The standard InChI is InChI=1S/C17H18N2O5S/c1-11-4-5-13(17(21)24-3)10-16(11)25(22,23)19-15-8-6-14(7-9-15)18-12(2)20/h4-10,19H,1-3H3,(H,18,20). The van der Waals surface area contributed by atoms with Crippen LogP contribution >= 0.6 is 0 Å². The van der Waals surface area contributed by atoms with E-state index in [2.05, 4.69) is 14.8 Å². The van der Waals surface area contributed by atoms with Crippen molar-refractivity contribution in [1.82, 2.24) is 0 Å². The zero-order chi connectivity index (χ0) is 18.6. The molecule has 0 aliphatic carbocycles. The van der Waals surface area contributed by atoms with Crippen LogP contribution in [-0.4, -0.2) is 27.4 Å². The van der Waals surface area contributed by atoms with E-state index in [4.69, 9.17) is 0 Å². The van der Waals surface area contributed by atoms with Crippen molar-refractivity contribution in [3.63, 3.8) is 0 Å². The Morgan fingerprint density at radius 3 is 2.16 bits per heavy atom. The van der Waals surface area contributed by atoms with Crippen LogP contribution in [0.15, 0.2) is 47.4 Å². The number of carbonyl (C=O) groups excluding carboxylic acids is 2. The summed E-state index contributed by atoms with van der Waals surface area (Å²) < 4.78 is 32.3. The van der Waals surface area contributed by atoms with Crippen LogP contribution < -0.4 is 10.0 Å². The third kappa shape index (κ3) is 4.57. The number of carbonyl (C=O) groups is 2. The summed E-state index contributed by atoms with van der Waals surface area (Å²) in [5.74, 6) is -0.834. The average molecular weight is 362 g/mol. The van der Waals surface area contributed by atoms with Gasteiger partial charge in [0.2, 0.25) is 5.91 Å². The van der Waals surface area contributed by atoms with Crippen molar-refractivity contribution in [3.8, 4) is 0 Å². The predicted octanol–water partition coefficient (Wildman–Crippen LogP) is 2.54. The summed E-state index contributed by atoms with van der Waals surface area (Å²) in [5, 5.41) is 2.59. The van der Waals surface area contributed by atoms with Crippen molar-refractivity contribution in [1.29, 1.82) is 0 Å². The van der Waals surface area contributed by atoms with Crippen molar-refractivity contribution in [2.75, 3.05) is 17.1 Å². The van der Waals surface area contributed by atoms with Gasteiger partial charge in [-0.25, -0.2) is 13.2 Å². The lowest BCUT2D eigenvalue weighted by molar-refractivity contribution is -0.114. The molecule has 1 amide bonds. The summed E-state index contributed by atoms with van der Waals surface area (Å²) in [4.78, 5) is 22.6. The van der Waals surface area contributed by atoms with E-state index >= 15 is 0 Å². The van der Waals surface area contributed by atoms with Crippen molar-refractivity contribution < 1.29 is 22.7 Å². The van der Waals surface area contributed by atoms with Crippen LogP contribution in [-0.2, 0) is 19.6 Å². The van der Waals surface area contributed by atoms with Gasteiger partial charge in [0.15, 0.2) is 0 Å². The molecule has 8 heteroatoms. The van der Waals surface area contributed by atoms with E-state index in [-0.39, 0.29) is 16.4 Å². The minimum Gasteiger partial charge on any atom is -0.465 e. The molecule has 0 radical (unpaired) electrons. The summed E-state index contributed by atoms with van der Waals surface area (Å²) in [6.07, 6.45) is 0. The monoisotopic (exact) mass is 362 g/mol. The van der Waals surface area contributed by atoms with Crippen LogP contribution in [0.1, 0.15) is 22.8 Å². The largest absolute Gasteiger partial charge is 0.465 e. The van der Waals surface area contributed by atoms with Gasteiger partial charge in [-0.15, -0.1) is 0 Å². The predicted molar refractivity (Wildman–Crippen MR) is 94.1 cm³/mol. The maximum absolute atomic E-state index is 12.6. The van der Waals surface area contributed by atoms with Crippen molar-refractivity contribution in [2.45, 2.75) is 18.7 Å². The zero-order valence-corrected chi connectivity index (χ0v) is 14.8. The van der Waals surface area contributed by atoms with E-state index in [0.29, 0.717) is 16.9 Å². The maximum Gasteiger partial charge on any atom is 0.337 e. The fourth-order valence-corrected chi connectivity index (χ4v) is 3.50. The number of sulfonamides is 1. The first kappa shape index (κ1) is 18.5. The second kappa shape index (κ2) is 7.35. The molecule has 132 valence electrons. The molecule has 2 aromatic rings. The van der Waals surface area contributed by atoms with E-state index in [9.17, 15) is 18.0 Å². The summed E-state index contributed by atoms with van der Waals surface area (Å²) in [7, 11) is -2.66. The molecule has 7 nitrogen and oxygen atoms in total. The molecule has 0 saturated carbocycles. The van der Waals surface area contributed by atoms with Crippen LogP contribution in [0, 0.1) is 6.92 Å². The molecule has 2 N–H and O–H groups in total. The maximum atomic E-state index is 12.6. The Hall–Kier alpha value is -2.87. The molecular formula is C17H18N2O5S. The number of benzene rings is 2. The average Bonchev–Trinajstić information content (AvgIpc) is 2.55. The third-order valence-electron chi connectivity index (χ3n) is 3.36. The van der Waals surface area contributed by atoms with Crippen molar-refractivity contribution >= 4 is 33.3 Å². The molecule has 0 fully saturated rings. The Balaban J connectivity index is 2.30. The molecule has 0 saturated heterocycles. The quantitative estimate of drug-likeness (QED) is 0.796. The summed E-state index contributed by atoms with van der Waals surface area (Å²) in [6.45, 7) is 3.02. The highest BCUT2D eigenvalue weighted by Crippen LogP contribution is 2.22. The lowest BCUT2D eigenvalue weighted by Gasteiger charge is -2.12. The summed E-state index contributed by atoms with van der Waals surface area (Å²) in [5.41, 5.74) is 1.53. The van der Waals surface area contributed by atoms with Crippen molar-refractivity contribution in [2.24, 2.45) is 0 Å². The molecule has 0 atom stereocenters. The topological polar surface area (TPSA) is 102 Å². The summed E-state index contributed by atoms with van der Waals surface area (Å²) >= 11 is 0. The second-order valence-electron chi connectivity index (χ2n) is 5.34. The molecule has 0 aromatic heterocycles. The van der Waals surface area contributed by atoms with E-state index in [1.165, 1.54) is 38.3 Å². The van der Waals surface area contributed by atoms with Crippen LogP contribution in [0.3, 0.4) is 0 Å². The number of nitrogens with one attached hydrogen (secondary N) is 2.